The maximum Gasteiger partial charge on any atom is 0.431 e. The topological polar surface area (TPSA) is 0 Å². The Morgan fingerprint density at radius 3 is 1.50 bits per heavy atom. The summed E-state index contributed by atoms with van der Waals surface area (Å²) in [5, 5.41) is 0. The lowest BCUT2D eigenvalue weighted by Gasteiger charge is -1.50. The van der Waals surface area contributed by atoms with Crippen molar-refractivity contribution in [1.29, 1.82) is 0 Å². The maximum atomic E-state index is 10.3. The molecule has 0 atom stereocenters. The van der Waals surface area contributed by atoms with Crippen LogP contribution < -0.4 is 0 Å². The smallest absolute Gasteiger partial charge is 0.241 e. The highest BCUT2D eigenvalue weighted by atomic mass is 28.3. The molecule has 0 saturated carbocycles. The lowest BCUT2D eigenvalue weighted by Crippen LogP contribution is -1.68. The van der Waals surface area contributed by atoms with Crippen LogP contribution in [0.15, 0.2) is 0 Å². The van der Waals surface area contributed by atoms with Gasteiger partial charge in [-0.1, -0.05) is 6.17 Å². The highest BCUT2D eigenvalue weighted by Gasteiger charge is 1.73. The van der Waals surface area contributed by atoms with Gasteiger partial charge in [0.2, 0.25) is 0 Å². The predicted molar refractivity (Wildman–Crippen MR) is 15.1 cm³/mol. The van der Waals surface area contributed by atoms with Crippen LogP contribution in [0.3, 0.4) is 0 Å². The minimum Gasteiger partial charge on any atom is -0.241 e. The summed E-state index contributed by atoms with van der Waals surface area (Å²) in [6.07, 6.45) is 2.41. The molecule has 0 rings (SSSR count). The summed E-state index contributed by atoms with van der Waals surface area (Å²) in [5.74, 6) is 0. The molecular weight excluding hydrogens is 78.1 g/mol. The van der Waals surface area contributed by atoms with Gasteiger partial charge in [0.25, 0.3) is 0 Å². The van der Waals surface area contributed by atoms with E-state index in [9.17, 15) is 8.22 Å². The van der Waals surface area contributed by atoms with Crippen LogP contribution in [0.2, 0.25) is 0 Å². The summed E-state index contributed by atoms with van der Waals surface area (Å²) in [6, 6.07) is 0. The lowest BCUT2D eigenvalue weighted by molar-refractivity contribution is 0.704. The van der Waals surface area contributed by atoms with Gasteiger partial charge in [0.05, 0.1) is 0 Å². The Balaban J connectivity index is 2.80. The van der Waals surface area contributed by atoms with Crippen molar-refractivity contribution in [2.24, 2.45) is 0 Å². The van der Waals surface area contributed by atoms with Crippen molar-refractivity contribution in [3.05, 3.63) is 0 Å². The van der Waals surface area contributed by atoms with E-state index in [1.807, 2.05) is 0 Å². The summed E-state index contributed by atoms with van der Waals surface area (Å²) in [6.45, 7) is 0. The molecule has 0 heterocycles. The first kappa shape index (κ1) is 3.95. The third kappa shape index (κ3) is 619. The summed E-state index contributed by atoms with van der Waals surface area (Å²) in [7, 11) is -3.13. The second-order valence-corrected chi connectivity index (χ2v) is 1.02. The molecule has 0 bridgehead atoms. The van der Waals surface area contributed by atoms with Crippen LogP contribution in [0.4, 0.5) is 8.22 Å². The second kappa shape index (κ2) is 1.29. The van der Waals surface area contributed by atoms with Crippen molar-refractivity contribution in [2.45, 2.75) is 0 Å². The molecule has 0 aromatic rings. The molecule has 0 aliphatic heterocycles. The van der Waals surface area contributed by atoms with Crippen molar-refractivity contribution in [1.82, 2.24) is 0 Å². The van der Waals surface area contributed by atoms with Gasteiger partial charge in [-0.25, -0.2) is 8.22 Å². The highest BCUT2D eigenvalue weighted by Crippen LogP contribution is 1.59. The Kier molecular flexibility index (Phi) is 1.27. The van der Waals surface area contributed by atoms with E-state index in [4.69, 9.17) is 0 Å². The molecule has 4 heavy (non-hydrogen) atoms. The fourth-order valence-corrected chi connectivity index (χ4v) is 0. The molecule has 3 heteroatoms. The van der Waals surface area contributed by atoms with Crippen molar-refractivity contribution in [3.63, 3.8) is 0 Å². The largest absolute Gasteiger partial charge is 0.431 e. The Bertz CT molecular complexity index is 29.0. The molecular formula is CH2F2Si. The molecule has 0 aromatic carbocycles. The van der Waals surface area contributed by atoms with Crippen LogP contribution in [0.25, 0.3) is 0 Å². The fourth-order valence-electron chi connectivity index (χ4n) is 0. The van der Waals surface area contributed by atoms with Gasteiger partial charge < -0.3 is 0 Å². The van der Waals surface area contributed by atoms with Crippen LogP contribution in [-0.4, -0.2) is 15.3 Å². The van der Waals surface area contributed by atoms with Gasteiger partial charge in [0, 0.05) is 0 Å². The van der Waals surface area contributed by atoms with E-state index in [0.29, 0.717) is 0 Å². The van der Waals surface area contributed by atoms with Gasteiger partial charge in [0.1, 0.15) is 0 Å². The number of rotatable bonds is 0. The first-order chi connectivity index (χ1) is 1.73. The molecule has 0 aliphatic rings. The first-order valence-corrected chi connectivity index (χ1v) is 2.19. The molecule has 0 spiro atoms. The zero-order valence-electron chi connectivity index (χ0n) is 1.96. The van der Waals surface area contributed by atoms with Crippen LogP contribution in [0.1, 0.15) is 0 Å². The third-order valence-corrected chi connectivity index (χ3v) is 0. The zero-order valence-corrected chi connectivity index (χ0v) is 2.96. The third-order valence-electron chi connectivity index (χ3n) is 0. The average Bonchev–Trinajstić information content (AvgIpc) is 0.811. The van der Waals surface area contributed by atoms with Crippen molar-refractivity contribution in [2.75, 3.05) is 0 Å². The van der Waals surface area contributed by atoms with E-state index < -0.39 is 9.08 Å². The van der Waals surface area contributed by atoms with Gasteiger partial charge in [0.15, 0.2) is 0 Å². The van der Waals surface area contributed by atoms with Gasteiger partial charge in [-0.2, -0.15) is 0 Å². The van der Waals surface area contributed by atoms with Crippen molar-refractivity contribution < 1.29 is 8.22 Å². The Labute approximate surface area is 24.6 Å². The first-order valence-electron chi connectivity index (χ1n) is 0.732. The molecule has 0 nitrogen and oxygen atoms in total. The van der Waals surface area contributed by atoms with Crippen LogP contribution in [0, 0.1) is 0 Å². The zero-order chi connectivity index (χ0) is 3.58. The number of halogens is 2. The minimum atomic E-state index is -3.13. The van der Waals surface area contributed by atoms with Crippen LogP contribution in [0.5, 0.6) is 0 Å². The van der Waals surface area contributed by atoms with E-state index in [-0.39, 0.29) is 0 Å². The Morgan fingerprint density at radius 2 is 1.50 bits per heavy atom. The molecule has 0 unspecified atom stereocenters. The molecule has 0 fully saturated rings. The molecule has 0 radical (unpaired) electrons. The number of hydrogen-bond acceptors (Lipinski definition) is 0. The molecule has 0 aromatic heterocycles. The van der Waals surface area contributed by atoms with Gasteiger partial charge in [-0.05, 0) is 0 Å². The van der Waals surface area contributed by atoms with Gasteiger partial charge in [-0.3, -0.25) is 0 Å². The Hall–Kier alpha value is -0.0531. The van der Waals surface area contributed by atoms with E-state index in [1.54, 1.807) is 0 Å². The summed E-state index contributed by atoms with van der Waals surface area (Å²) >= 11 is 0. The molecule has 24 valence electrons. The van der Waals surface area contributed by atoms with E-state index in [1.165, 1.54) is 0 Å². The minimum absolute atomic E-state index is 2.41. The molecule has 0 saturated heterocycles. The van der Waals surface area contributed by atoms with Crippen molar-refractivity contribution in [3.8, 4) is 0 Å². The van der Waals surface area contributed by atoms with E-state index in [2.05, 4.69) is 6.17 Å². The van der Waals surface area contributed by atoms with Gasteiger partial charge >= 0.3 is 9.08 Å². The van der Waals surface area contributed by atoms with Crippen molar-refractivity contribution >= 4 is 15.3 Å². The normalized spacial score (nSPS) is 6.50. The summed E-state index contributed by atoms with van der Waals surface area (Å²) < 4.78 is 20.6. The molecule has 0 aliphatic carbocycles. The maximum absolute atomic E-state index is 10.3. The predicted octanol–water partition coefficient (Wildman–Crippen LogP) is 0.427. The monoisotopic (exact) mass is 80.0 g/mol. The molecule has 0 amide bonds. The molecule has 0 N–H and O–H groups in total. The lowest BCUT2D eigenvalue weighted by atomic mass is 12.0. The summed E-state index contributed by atoms with van der Waals surface area (Å²) in [4.78, 5) is 0. The van der Waals surface area contributed by atoms with Gasteiger partial charge in [-0.15, -0.1) is 0 Å². The average molecular weight is 80.1 g/mol. The summed E-state index contributed by atoms with van der Waals surface area (Å²) in [5.41, 5.74) is 0. The SMILES string of the molecule is C=[Si](F)F. The fraction of sp³-hybridized carbons (Fsp3) is 0. The Morgan fingerprint density at radius 1 is 1.50 bits per heavy atom. The highest BCUT2D eigenvalue weighted by molar-refractivity contribution is 6.47. The second-order valence-electron chi connectivity index (χ2n) is 0.339. The van der Waals surface area contributed by atoms with Crippen LogP contribution in [-0.2, 0) is 0 Å². The van der Waals surface area contributed by atoms with E-state index >= 15 is 0 Å². The number of hydrogen-bond donors (Lipinski definition) is 0. The van der Waals surface area contributed by atoms with Crippen LogP contribution >= 0.6 is 0 Å². The standard InChI is InChI=1S/CH2F2Si/c1-4(2)3/h1H2. The van der Waals surface area contributed by atoms with E-state index in [0.717, 1.165) is 0 Å². The quantitative estimate of drug-likeness (QED) is 0.292.